The maximum atomic E-state index is 11.4. The highest BCUT2D eigenvalue weighted by Crippen LogP contribution is 2.55. The van der Waals surface area contributed by atoms with E-state index in [4.69, 9.17) is 10.7 Å². The van der Waals surface area contributed by atoms with Crippen molar-refractivity contribution in [3.8, 4) is 0 Å². The molecule has 1 nitrogen and oxygen atoms in total. The molecular weight excluding hydrogens is 168 g/mol. The lowest BCUT2D eigenvalue weighted by atomic mass is 10.2. The summed E-state index contributed by atoms with van der Waals surface area (Å²) in [5.74, 6) is 0.807. The summed E-state index contributed by atoms with van der Waals surface area (Å²) in [5.41, 5.74) is 0. The molecule has 0 atom stereocenters. The van der Waals surface area contributed by atoms with Gasteiger partial charge in [-0.25, -0.2) is 0 Å². The van der Waals surface area contributed by atoms with Crippen LogP contribution in [0.15, 0.2) is 0 Å². The van der Waals surface area contributed by atoms with Crippen molar-refractivity contribution >= 4 is 27.4 Å². The highest BCUT2D eigenvalue weighted by Gasteiger charge is 2.54. The van der Waals surface area contributed by atoms with Crippen LogP contribution >= 0.6 is 21.7 Å². The number of rotatable bonds is 3. The molecule has 2 fully saturated rings. The molecule has 56 valence electrons. The Morgan fingerprint density at radius 1 is 1.50 bits per heavy atom. The van der Waals surface area contributed by atoms with Crippen LogP contribution in [0.25, 0.3) is 0 Å². The van der Waals surface area contributed by atoms with Crippen molar-refractivity contribution in [2.24, 2.45) is 5.92 Å². The molecule has 0 N–H and O–H groups in total. The van der Waals surface area contributed by atoms with Gasteiger partial charge in [0.25, 0.3) is 0 Å². The zero-order chi connectivity index (χ0) is 7.19. The fraction of sp³-hybridized carbons (Fsp3) is 0.857. The highest BCUT2D eigenvalue weighted by atomic mass is 35.7. The average Bonchev–Trinajstić information content (AvgIpc) is 2.84. The van der Waals surface area contributed by atoms with Crippen molar-refractivity contribution in [3.05, 3.63) is 0 Å². The van der Waals surface area contributed by atoms with E-state index in [2.05, 4.69) is 0 Å². The van der Waals surface area contributed by atoms with Gasteiger partial charge in [-0.05, 0) is 47.3 Å². The monoisotopic (exact) mass is 176 g/mol. The molecule has 2 aliphatic carbocycles. The Labute approximate surface area is 69.0 Å². The van der Waals surface area contributed by atoms with Gasteiger partial charge >= 0.3 is 0 Å². The largest absolute Gasteiger partial charge is 0.298 e. The average molecular weight is 177 g/mol. The first-order valence-corrected chi connectivity index (χ1v) is 5.27. The number of carbonyl (C=O) groups is 1. The molecule has 2 saturated carbocycles. The second kappa shape index (κ2) is 2.15. The van der Waals surface area contributed by atoms with Crippen LogP contribution in [0, 0.1) is 5.92 Å². The third-order valence-electron chi connectivity index (χ3n) is 2.25. The fourth-order valence-corrected chi connectivity index (χ4v) is 2.38. The molecule has 0 unspecified atom stereocenters. The first-order chi connectivity index (χ1) is 4.78. The third-order valence-corrected chi connectivity index (χ3v) is 4.04. The molecule has 3 heteroatoms. The highest BCUT2D eigenvalue weighted by molar-refractivity contribution is 8.22. The first-order valence-electron chi connectivity index (χ1n) is 3.62. The molecule has 0 heterocycles. The Kier molecular flexibility index (Phi) is 1.50. The van der Waals surface area contributed by atoms with E-state index < -0.39 is 0 Å². The van der Waals surface area contributed by atoms with Crippen molar-refractivity contribution < 1.29 is 4.79 Å². The van der Waals surface area contributed by atoms with Crippen LogP contribution in [-0.2, 0) is 4.79 Å². The van der Waals surface area contributed by atoms with Gasteiger partial charge in [0.2, 0.25) is 0 Å². The van der Waals surface area contributed by atoms with Gasteiger partial charge in [-0.2, -0.15) is 0 Å². The van der Waals surface area contributed by atoms with E-state index in [0.717, 1.165) is 25.7 Å². The van der Waals surface area contributed by atoms with Crippen LogP contribution in [0.1, 0.15) is 25.7 Å². The molecule has 2 aliphatic rings. The van der Waals surface area contributed by atoms with Crippen molar-refractivity contribution in [2.75, 3.05) is 0 Å². The molecule has 0 radical (unpaired) electrons. The molecule has 0 saturated heterocycles. The van der Waals surface area contributed by atoms with E-state index in [0.29, 0.717) is 11.7 Å². The number of halogens is 1. The summed E-state index contributed by atoms with van der Waals surface area (Å²) < 4.78 is -0.122. The molecule has 0 aromatic rings. The summed E-state index contributed by atoms with van der Waals surface area (Å²) in [7, 11) is 6.86. The van der Waals surface area contributed by atoms with Gasteiger partial charge in [0.05, 0.1) is 4.75 Å². The number of carbonyl (C=O) groups excluding carboxylic acids is 1. The van der Waals surface area contributed by atoms with Crippen LogP contribution in [0.4, 0.5) is 0 Å². The minimum absolute atomic E-state index is 0.122. The standard InChI is InChI=1S/C7H9ClOS/c8-10-7(3-4-7)6(9)5-1-2-5/h5H,1-4H2. The smallest absolute Gasteiger partial charge is 0.153 e. The summed E-state index contributed by atoms with van der Waals surface area (Å²) in [6.45, 7) is 0. The zero-order valence-electron chi connectivity index (χ0n) is 5.60. The van der Waals surface area contributed by atoms with Gasteiger partial charge in [-0.1, -0.05) is 0 Å². The topological polar surface area (TPSA) is 17.1 Å². The maximum absolute atomic E-state index is 11.4. The van der Waals surface area contributed by atoms with E-state index in [1.54, 1.807) is 0 Å². The van der Waals surface area contributed by atoms with Gasteiger partial charge in [0.1, 0.15) is 0 Å². The fourth-order valence-electron chi connectivity index (χ4n) is 1.19. The SMILES string of the molecule is O=C(C1CC1)C1(SCl)CC1. The molecule has 0 bridgehead atoms. The van der Waals surface area contributed by atoms with Crippen LogP contribution in [-0.4, -0.2) is 10.5 Å². The molecule has 2 rings (SSSR count). The van der Waals surface area contributed by atoms with Crippen LogP contribution in [0.3, 0.4) is 0 Å². The molecule has 0 spiro atoms. The van der Waals surface area contributed by atoms with Gasteiger partial charge in [0.15, 0.2) is 5.78 Å². The summed E-state index contributed by atoms with van der Waals surface area (Å²) in [4.78, 5) is 11.4. The lowest BCUT2D eigenvalue weighted by Crippen LogP contribution is -2.18. The number of ketones is 1. The third kappa shape index (κ3) is 0.978. The molecule has 10 heavy (non-hydrogen) atoms. The number of hydrogen-bond donors (Lipinski definition) is 0. The number of hydrogen-bond acceptors (Lipinski definition) is 2. The summed E-state index contributed by atoms with van der Waals surface area (Å²) >= 11 is 0. The Morgan fingerprint density at radius 2 is 2.10 bits per heavy atom. The van der Waals surface area contributed by atoms with Gasteiger partial charge in [-0.3, -0.25) is 4.79 Å². The molecular formula is C7H9ClOS. The lowest BCUT2D eigenvalue weighted by Gasteiger charge is -2.05. The van der Waals surface area contributed by atoms with Gasteiger partial charge in [-0.15, -0.1) is 0 Å². The number of Topliss-reactive ketones (excluding diaryl/α,β-unsaturated/α-hetero) is 1. The molecule has 0 aromatic carbocycles. The van der Waals surface area contributed by atoms with Gasteiger partial charge < -0.3 is 0 Å². The zero-order valence-corrected chi connectivity index (χ0v) is 7.17. The second-order valence-corrected chi connectivity index (χ2v) is 4.61. The van der Waals surface area contributed by atoms with Crippen LogP contribution in [0.2, 0.25) is 0 Å². The quantitative estimate of drug-likeness (QED) is 0.657. The normalized spacial score (nSPS) is 28.1. The first kappa shape index (κ1) is 6.99. The summed E-state index contributed by atoms with van der Waals surface area (Å²) in [6.07, 6.45) is 4.24. The minimum Gasteiger partial charge on any atom is -0.298 e. The predicted molar refractivity (Wildman–Crippen MR) is 43.1 cm³/mol. The van der Waals surface area contributed by atoms with E-state index in [-0.39, 0.29) is 4.75 Å². The lowest BCUT2D eigenvalue weighted by molar-refractivity contribution is -0.120. The van der Waals surface area contributed by atoms with Crippen LogP contribution in [0.5, 0.6) is 0 Å². The van der Waals surface area contributed by atoms with E-state index in [1.807, 2.05) is 0 Å². The van der Waals surface area contributed by atoms with E-state index in [9.17, 15) is 4.79 Å². The van der Waals surface area contributed by atoms with Crippen molar-refractivity contribution in [2.45, 2.75) is 30.4 Å². The van der Waals surface area contributed by atoms with E-state index in [1.165, 1.54) is 11.0 Å². The van der Waals surface area contributed by atoms with Crippen molar-refractivity contribution in [3.63, 3.8) is 0 Å². The van der Waals surface area contributed by atoms with Crippen LogP contribution < -0.4 is 0 Å². The Bertz CT molecular complexity index is 172. The summed E-state index contributed by atoms with van der Waals surface area (Å²) in [6, 6.07) is 0. The maximum Gasteiger partial charge on any atom is 0.153 e. The van der Waals surface area contributed by atoms with Crippen molar-refractivity contribution in [1.82, 2.24) is 0 Å². The Morgan fingerprint density at radius 3 is 2.40 bits per heavy atom. The molecule has 0 amide bonds. The molecule has 0 aromatic heterocycles. The summed E-state index contributed by atoms with van der Waals surface area (Å²) in [5, 5.41) is 0. The Balaban J connectivity index is 2.02. The predicted octanol–water partition coefficient (Wildman–Crippen LogP) is 2.39. The van der Waals surface area contributed by atoms with E-state index >= 15 is 0 Å². The van der Waals surface area contributed by atoms with Gasteiger partial charge in [0, 0.05) is 5.92 Å². The Hall–Kier alpha value is 0.310. The molecule has 0 aliphatic heterocycles. The van der Waals surface area contributed by atoms with Crippen molar-refractivity contribution in [1.29, 1.82) is 0 Å². The second-order valence-electron chi connectivity index (χ2n) is 3.21. The minimum atomic E-state index is -0.122.